The van der Waals surface area contributed by atoms with Gasteiger partial charge in [-0.1, -0.05) is 29.8 Å². The van der Waals surface area contributed by atoms with Crippen LogP contribution in [0.2, 0.25) is 0 Å². The van der Waals surface area contributed by atoms with Crippen molar-refractivity contribution in [2.24, 2.45) is 0 Å². The molecule has 0 spiro atoms. The Bertz CT molecular complexity index is 1060. The number of aliphatic hydroxyl groups is 1. The zero-order valence-electron chi connectivity index (χ0n) is 17.7. The Hall–Kier alpha value is -2.36. The molecule has 0 unspecified atom stereocenters. The molecule has 0 radical (unpaired) electrons. The maximum absolute atomic E-state index is 10.7. The van der Waals surface area contributed by atoms with Crippen molar-refractivity contribution in [3.8, 4) is 0 Å². The van der Waals surface area contributed by atoms with Gasteiger partial charge in [-0.05, 0) is 30.7 Å². The van der Waals surface area contributed by atoms with Gasteiger partial charge in [0.1, 0.15) is 5.82 Å². The fourth-order valence-electron chi connectivity index (χ4n) is 3.90. The number of benzene rings is 2. The number of nitrogens with zero attached hydrogens (tertiary/aromatic N) is 2. The van der Waals surface area contributed by atoms with Crippen molar-refractivity contribution in [3.63, 3.8) is 0 Å². The summed E-state index contributed by atoms with van der Waals surface area (Å²) in [4.78, 5) is 7.66. The highest BCUT2D eigenvalue weighted by atomic mass is 32.3. The maximum atomic E-state index is 10.7. The van der Waals surface area contributed by atoms with Crippen LogP contribution in [0.5, 0.6) is 0 Å². The number of hydrogen-bond donors (Lipinski definition) is 5. The van der Waals surface area contributed by atoms with Crippen LogP contribution in [0.25, 0.3) is 10.9 Å². The lowest BCUT2D eigenvalue weighted by Crippen LogP contribution is -2.27. The first-order valence-electron chi connectivity index (χ1n) is 10.5. The zero-order chi connectivity index (χ0) is 21.8. The lowest BCUT2D eigenvalue weighted by atomic mass is 10.1. The highest BCUT2D eigenvalue weighted by molar-refractivity contribution is 8.24. The lowest BCUT2D eigenvalue weighted by molar-refractivity contribution is 0.293. The van der Waals surface area contributed by atoms with E-state index in [9.17, 15) is 9.11 Å². The number of hydrogen-bond acceptors (Lipinski definition) is 7. The van der Waals surface area contributed by atoms with E-state index in [1.807, 2.05) is 36.4 Å². The van der Waals surface area contributed by atoms with Gasteiger partial charge >= 0.3 is 0 Å². The van der Waals surface area contributed by atoms with Gasteiger partial charge < -0.3 is 20.6 Å². The van der Waals surface area contributed by atoms with E-state index < -0.39 is 10.6 Å². The van der Waals surface area contributed by atoms with E-state index in [0.29, 0.717) is 24.5 Å². The van der Waals surface area contributed by atoms with Gasteiger partial charge in [0.05, 0.1) is 22.8 Å². The van der Waals surface area contributed by atoms with E-state index in [1.165, 1.54) is 5.56 Å². The van der Waals surface area contributed by atoms with Gasteiger partial charge in [-0.25, -0.2) is 4.98 Å². The van der Waals surface area contributed by atoms with Crippen LogP contribution < -0.4 is 15.5 Å². The van der Waals surface area contributed by atoms with Gasteiger partial charge in [0.15, 0.2) is 0 Å². The Morgan fingerprint density at radius 1 is 1.06 bits per heavy atom. The number of aromatic nitrogens is 1. The summed E-state index contributed by atoms with van der Waals surface area (Å²) in [6, 6.07) is 15.8. The molecular weight excluding hydrogens is 412 g/mol. The average molecular weight is 443 g/mol. The second-order valence-electron chi connectivity index (χ2n) is 7.85. The van der Waals surface area contributed by atoms with Gasteiger partial charge in [-0.15, -0.1) is 0 Å². The molecule has 0 saturated carbocycles. The molecular formula is C23H30N4O3S. The Kier molecular flexibility index (Phi) is 6.64. The van der Waals surface area contributed by atoms with Crippen molar-refractivity contribution >= 4 is 33.0 Å². The van der Waals surface area contributed by atoms with Crippen LogP contribution in [-0.4, -0.2) is 57.7 Å². The van der Waals surface area contributed by atoms with Crippen LogP contribution in [0.15, 0.2) is 53.4 Å². The van der Waals surface area contributed by atoms with Crippen LogP contribution in [0.4, 0.5) is 11.5 Å². The van der Waals surface area contributed by atoms with Crippen LogP contribution in [0.3, 0.4) is 0 Å². The van der Waals surface area contributed by atoms with E-state index in [2.05, 4.69) is 34.6 Å². The Morgan fingerprint density at radius 2 is 1.90 bits per heavy atom. The van der Waals surface area contributed by atoms with Crippen molar-refractivity contribution in [1.29, 1.82) is 0 Å². The first-order valence-corrected chi connectivity index (χ1v) is 12.3. The molecule has 8 heteroatoms. The van der Waals surface area contributed by atoms with Crippen molar-refractivity contribution in [2.75, 3.05) is 48.8 Å². The van der Waals surface area contributed by atoms with Crippen molar-refractivity contribution in [1.82, 2.24) is 10.3 Å². The molecule has 7 nitrogen and oxygen atoms in total. The zero-order valence-corrected chi connectivity index (χ0v) is 18.5. The third kappa shape index (κ3) is 4.94. The summed E-state index contributed by atoms with van der Waals surface area (Å²) in [7, 11) is -2.81. The topological polar surface area (TPSA) is 101 Å². The van der Waals surface area contributed by atoms with Gasteiger partial charge in [0.25, 0.3) is 0 Å². The molecule has 3 aromatic rings. The Morgan fingerprint density at radius 3 is 2.74 bits per heavy atom. The number of aliphatic hydroxyl groups excluding tert-OH is 1. The smallest absolute Gasteiger partial charge is 0.131 e. The van der Waals surface area contributed by atoms with Crippen LogP contribution in [0.1, 0.15) is 11.1 Å². The third-order valence-electron chi connectivity index (χ3n) is 5.51. The molecule has 2 aromatic carbocycles. The molecule has 2 heterocycles. The minimum atomic E-state index is -2.81. The number of nitrogens with one attached hydrogen (secondary N) is 2. The summed E-state index contributed by atoms with van der Waals surface area (Å²) in [6.07, 6.45) is 0. The fourth-order valence-corrected chi connectivity index (χ4v) is 5.45. The molecule has 166 valence electrons. The van der Waals surface area contributed by atoms with Gasteiger partial charge in [-0.2, -0.15) is 10.6 Å². The summed E-state index contributed by atoms with van der Waals surface area (Å²) in [5.41, 5.74) is 3.99. The molecule has 0 aliphatic carbocycles. The number of aryl methyl sites for hydroxylation is 1. The van der Waals surface area contributed by atoms with Crippen LogP contribution in [-0.2, 0) is 6.54 Å². The number of anilines is 2. The van der Waals surface area contributed by atoms with Crippen LogP contribution in [0, 0.1) is 6.92 Å². The molecule has 5 N–H and O–H groups in total. The van der Waals surface area contributed by atoms with Crippen LogP contribution >= 0.6 is 10.6 Å². The lowest BCUT2D eigenvalue weighted by Gasteiger charge is -2.32. The Balaban J connectivity index is 1.66. The van der Waals surface area contributed by atoms with E-state index in [0.717, 1.165) is 41.1 Å². The summed E-state index contributed by atoms with van der Waals surface area (Å²) in [5.74, 6) is 1.10. The molecule has 0 amide bonds. The second kappa shape index (κ2) is 9.42. The molecule has 0 bridgehead atoms. The largest absolute Gasteiger partial charge is 0.395 e. The maximum Gasteiger partial charge on any atom is 0.131 e. The molecule has 31 heavy (non-hydrogen) atoms. The summed E-state index contributed by atoms with van der Waals surface area (Å²) < 4.78 is 21.3. The van der Waals surface area contributed by atoms with E-state index in [4.69, 9.17) is 10.1 Å². The first-order chi connectivity index (χ1) is 15.0. The Labute approximate surface area is 184 Å². The second-order valence-corrected chi connectivity index (χ2v) is 10.0. The normalized spacial score (nSPS) is 16.6. The van der Waals surface area contributed by atoms with Gasteiger partial charge in [0, 0.05) is 49.9 Å². The van der Waals surface area contributed by atoms with E-state index >= 15 is 0 Å². The highest BCUT2D eigenvalue weighted by Crippen LogP contribution is 2.51. The summed E-state index contributed by atoms with van der Waals surface area (Å²) in [6.45, 7) is 5.31. The molecule has 1 aromatic heterocycles. The molecule has 0 saturated heterocycles. The monoisotopic (exact) mass is 442 g/mol. The molecule has 0 fully saturated rings. The van der Waals surface area contributed by atoms with Gasteiger partial charge in [-0.3, -0.25) is 9.11 Å². The highest BCUT2D eigenvalue weighted by Gasteiger charge is 2.26. The SMILES string of the molecule is Cc1ccc2nc(N3CCS(O)(O)c4ccccc4C3)cc(NCCNCCO)c2c1. The van der Waals surface area contributed by atoms with Crippen molar-refractivity contribution < 1.29 is 14.2 Å². The molecule has 4 rings (SSSR count). The minimum Gasteiger partial charge on any atom is -0.395 e. The van der Waals surface area contributed by atoms with Gasteiger partial charge in [0.2, 0.25) is 0 Å². The summed E-state index contributed by atoms with van der Waals surface area (Å²) >= 11 is 0. The average Bonchev–Trinajstić information content (AvgIpc) is 2.90. The standard InChI is InChI=1S/C23H30N4O3S/c1-17-6-7-20-19(14-17)21(25-9-8-24-10-12-28)15-23(26-20)27-11-13-31(29,30)22-5-3-2-4-18(22)16-27/h2-7,14-15,24,28-30H,8-13,16H2,1H3,(H,25,26). The van der Waals surface area contributed by atoms with E-state index in [1.54, 1.807) is 0 Å². The third-order valence-corrected chi connectivity index (χ3v) is 7.37. The van der Waals surface area contributed by atoms with Crippen molar-refractivity contribution in [2.45, 2.75) is 18.4 Å². The number of fused-ring (bicyclic) bond motifs is 2. The first kappa shape index (κ1) is 21.9. The fraction of sp³-hybridized carbons (Fsp3) is 0.348. The summed E-state index contributed by atoms with van der Waals surface area (Å²) in [5, 5.41) is 16.7. The van der Waals surface area contributed by atoms with E-state index in [-0.39, 0.29) is 12.4 Å². The minimum absolute atomic E-state index is 0.122. The number of rotatable bonds is 7. The predicted octanol–water partition coefficient (Wildman–Crippen LogP) is 3.67. The molecule has 0 atom stereocenters. The quantitative estimate of drug-likeness (QED) is 0.356. The molecule has 1 aliphatic rings. The number of pyridine rings is 1. The van der Waals surface area contributed by atoms with Crippen molar-refractivity contribution in [3.05, 3.63) is 59.7 Å². The molecule has 1 aliphatic heterocycles. The predicted molar refractivity (Wildman–Crippen MR) is 128 cm³/mol.